The third-order valence-corrected chi connectivity index (χ3v) is 3.64. The van der Waals surface area contributed by atoms with Crippen molar-refractivity contribution in [2.45, 2.75) is 13.0 Å². The number of ether oxygens (including phenoxy) is 3. The van der Waals surface area contributed by atoms with Crippen LogP contribution >= 0.6 is 0 Å². The van der Waals surface area contributed by atoms with Gasteiger partial charge in [-0.3, -0.25) is 14.0 Å². The minimum absolute atomic E-state index is 0.0614. The van der Waals surface area contributed by atoms with Crippen LogP contribution in [-0.2, 0) is 16.1 Å². The van der Waals surface area contributed by atoms with E-state index in [1.165, 1.54) is 10.5 Å². The zero-order chi connectivity index (χ0) is 18.4. The lowest BCUT2D eigenvalue weighted by atomic mass is 10.3. The van der Waals surface area contributed by atoms with Gasteiger partial charge < -0.3 is 14.2 Å². The molecule has 0 aliphatic carbocycles. The fraction of sp³-hybridized carbons (Fsp3) is 0.211. The first kappa shape index (κ1) is 17.5. The average Bonchev–Trinajstić information content (AvgIpc) is 2.67. The molecule has 2 heterocycles. The van der Waals surface area contributed by atoms with Crippen molar-refractivity contribution in [3.8, 4) is 11.5 Å². The average molecular weight is 354 g/mol. The van der Waals surface area contributed by atoms with Gasteiger partial charge in [0.25, 0.3) is 5.56 Å². The first-order valence-electron chi connectivity index (χ1n) is 8.06. The van der Waals surface area contributed by atoms with Gasteiger partial charge in [0.15, 0.2) is 11.5 Å². The smallest absolute Gasteiger partial charge is 0.309 e. The van der Waals surface area contributed by atoms with Crippen LogP contribution in [0.4, 0.5) is 0 Å². The van der Waals surface area contributed by atoms with E-state index in [1.807, 2.05) is 12.1 Å². The number of carbonyl (C=O) groups is 1. The van der Waals surface area contributed by atoms with Crippen molar-refractivity contribution in [3.05, 3.63) is 70.8 Å². The van der Waals surface area contributed by atoms with Crippen LogP contribution in [0.3, 0.4) is 0 Å². The van der Waals surface area contributed by atoms with Crippen molar-refractivity contribution in [1.82, 2.24) is 9.38 Å². The molecule has 0 saturated carbocycles. The van der Waals surface area contributed by atoms with Gasteiger partial charge in [-0.1, -0.05) is 18.2 Å². The van der Waals surface area contributed by atoms with Gasteiger partial charge >= 0.3 is 5.97 Å². The normalized spacial score (nSPS) is 10.5. The Kier molecular flexibility index (Phi) is 5.48. The molecule has 3 aromatic rings. The van der Waals surface area contributed by atoms with Gasteiger partial charge in [-0.15, -0.1) is 0 Å². The molecule has 0 aliphatic heterocycles. The molecule has 7 nitrogen and oxygen atoms in total. The number of benzene rings is 1. The molecule has 1 aromatic carbocycles. The number of pyridine rings is 1. The predicted molar refractivity (Wildman–Crippen MR) is 94.4 cm³/mol. The van der Waals surface area contributed by atoms with Crippen LogP contribution in [0.15, 0.2) is 59.5 Å². The summed E-state index contributed by atoms with van der Waals surface area (Å²) in [5.41, 5.74) is 0.687. The molecular weight excluding hydrogens is 336 g/mol. The summed E-state index contributed by atoms with van der Waals surface area (Å²) in [6.07, 6.45) is 1.71. The highest BCUT2D eigenvalue weighted by Gasteiger charge is 2.08. The first-order valence-corrected chi connectivity index (χ1v) is 8.06. The lowest BCUT2D eigenvalue weighted by Gasteiger charge is -2.10. The first-order chi connectivity index (χ1) is 12.7. The molecular formula is C19H18N2O5. The Morgan fingerprint density at radius 3 is 2.69 bits per heavy atom. The zero-order valence-electron chi connectivity index (χ0n) is 14.3. The number of hydrogen-bond acceptors (Lipinski definition) is 6. The molecule has 0 aliphatic rings. The van der Waals surface area contributed by atoms with Gasteiger partial charge in [-0.25, -0.2) is 4.98 Å². The molecule has 0 N–H and O–H groups in total. The molecule has 134 valence electrons. The Bertz CT molecular complexity index is 967. The van der Waals surface area contributed by atoms with Gasteiger partial charge in [0, 0.05) is 12.3 Å². The van der Waals surface area contributed by atoms with E-state index in [0.717, 1.165) is 0 Å². The third-order valence-electron chi connectivity index (χ3n) is 3.64. The molecule has 7 heteroatoms. The number of esters is 1. The largest absolute Gasteiger partial charge is 0.493 e. The number of carbonyl (C=O) groups excluding carboxylic acids is 1. The number of methoxy groups -OCH3 is 1. The third kappa shape index (κ3) is 4.18. The summed E-state index contributed by atoms with van der Waals surface area (Å²) >= 11 is 0. The van der Waals surface area contributed by atoms with Crippen molar-refractivity contribution < 1.29 is 19.0 Å². The topological polar surface area (TPSA) is 79.1 Å². The number of aromatic nitrogens is 2. The molecule has 0 radical (unpaired) electrons. The molecule has 0 atom stereocenters. The minimum atomic E-state index is -0.435. The lowest BCUT2D eigenvalue weighted by molar-refractivity contribution is -0.145. The number of hydrogen-bond donors (Lipinski definition) is 0. The standard InChI is InChI=1S/C19H18N2O5/c1-24-15-6-2-3-7-16(15)25-11-9-19(23)26-13-14-12-18(22)21-10-5-4-8-17(21)20-14/h2-8,10,12H,9,11,13H2,1H3. The highest BCUT2D eigenvalue weighted by Crippen LogP contribution is 2.25. The van der Waals surface area contributed by atoms with Crippen LogP contribution in [-0.4, -0.2) is 29.1 Å². The maximum atomic E-state index is 12.0. The van der Waals surface area contributed by atoms with E-state index in [9.17, 15) is 9.59 Å². The van der Waals surface area contributed by atoms with Gasteiger partial charge in [-0.2, -0.15) is 0 Å². The van der Waals surface area contributed by atoms with Crippen molar-refractivity contribution in [2.24, 2.45) is 0 Å². The highest BCUT2D eigenvalue weighted by molar-refractivity contribution is 5.69. The fourth-order valence-corrected chi connectivity index (χ4v) is 2.39. The van der Waals surface area contributed by atoms with Crippen LogP contribution in [0.2, 0.25) is 0 Å². The van der Waals surface area contributed by atoms with Crippen molar-refractivity contribution in [3.63, 3.8) is 0 Å². The zero-order valence-corrected chi connectivity index (χ0v) is 14.3. The Balaban J connectivity index is 1.52. The maximum absolute atomic E-state index is 12.0. The SMILES string of the molecule is COc1ccccc1OCCC(=O)OCc1cc(=O)n2ccccc2n1. The quantitative estimate of drug-likeness (QED) is 0.605. The second-order valence-electron chi connectivity index (χ2n) is 5.42. The second kappa shape index (κ2) is 8.15. The van der Waals surface area contributed by atoms with E-state index in [0.29, 0.717) is 22.8 Å². The van der Waals surface area contributed by atoms with E-state index in [1.54, 1.807) is 43.6 Å². The summed E-state index contributed by atoms with van der Waals surface area (Å²) in [7, 11) is 1.55. The summed E-state index contributed by atoms with van der Waals surface area (Å²) in [5, 5.41) is 0. The molecule has 0 bridgehead atoms. The van der Waals surface area contributed by atoms with Crippen LogP contribution in [0.5, 0.6) is 11.5 Å². The predicted octanol–water partition coefficient (Wildman–Crippen LogP) is 2.22. The molecule has 0 unspecified atom stereocenters. The Hall–Kier alpha value is -3.35. The monoisotopic (exact) mass is 354 g/mol. The van der Waals surface area contributed by atoms with Gasteiger partial charge in [0.05, 0.1) is 25.8 Å². The van der Waals surface area contributed by atoms with Crippen molar-refractivity contribution in [1.29, 1.82) is 0 Å². The summed E-state index contributed by atoms with van der Waals surface area (Å²) in [6.45, 7) is 0.0984. The van der Waals surface area contributed by atoms with E-state index in [2.05, 4.69) is 4.98 Å². The van der Waals surface area contributed by atoms with Crippen LogP contribution < -0.4 is 15.0 Å². The molecule has 0 amide bonds. The molecule has 0 spiro atoms. The summed E-state index contributed by atoms with van der Waals surface area (Å²) in [5.74, 6) is 0.726. The number of para-hydroxylation sites is 2. The molecule has 0 saturated heterocycles. The Morgan fingerprint density at radius 1 is 1.12 bits per heavy atom. The number of fused-ring (bicyclic) bond motifs is 1. The minimum Gasteiger partial charge on any atom is -0.493 e. The second-order valence-corrected chi connectivity index (χ2v) is 5.42. The van der Waals surface area contributed by atoms with E-state index < -0.39 is 5.97 Å². The highest BCUT2D eigenvalue weighted by atomic mass is 16.5. The molecule has 3 rings (SSSR count). The summed E-state index contributed by atoms with van der Waals surface area (Å²) < 4.78 is 17.3. The number of rotatable bonds is 7. The Morgan fingerprint density at radius 2 is 1.88 bits per heavy atom. The van der Waals surface area contributed by atoms with Gasteiger partial charge in [-0.05, 0) is 24.3 Å². The van der Waals surface area contributed by atoms with E-state index in [4.69, 9.17) is 14.2 Å². The van der Waals surface area contributed by atoms with Gasteiger partial charge in [0.1, 0.15) is 12.3 Å². The molecule has 0 fully saturated rings. The number of nitrogens with zero attached hydrogens (tertiary/aromatic N) is 2. The molecule has 2 aromatic heterocycles. The van der Waals surface area contributed by atoms with Crippen molar-refractivity contribution in [2.75, 3.05) is 13.7 Å². The lowest BCUT2D eigenvalue weighted by Crippen LogP contribution is -2.17. The van der Waals surface area contributed by atoms with Crippen LogP contribution in [0.1, 0.15) is 12.1 Å². The van der Waals surface area contributed by atoms with Crippen molar-refractivity contribution >= 4 is 11.6 Å². The van der Waals surface area contributed by atoms with E-state index in [-0.39, 0.29) is 25.2 Å². The fourth-order valence-electron chi connectivity index (χ4n) is 2.39. The van der Waals surface area contributed by atoms with Gasteiger partial charge in [0.2, 0.25) is 0 Å². The maximum Gasteiger partial charge on any atom is 0.309 e. The van der Waals surface area contributed by atoms with Crippen LogP contribution in [0.25, 0.3) is 5.65 Å². The van der Waals surface area contributed by atoms with E-state index >= 15 is 0 Å². The Labute approximate surface area is 149 Å². The summed E-state index contributed by atoms with van der Waals surface area (Å²) in [4.78, 5) is 28.1. The molecule has 26 heavy (non-hydrogen) atoms. The van der Waals surface area contributed by atoms with Crippen LogP contribution in [0, 0.1) is 0 Å². The summed E-state index contributed by atoms with van der Waals surface area (Å²) in [6, 6.07) is 13.8.